The summed E-state index contributed by atoms with van der Waals surface area (Å²) in [6.07, 6.45) is 0. The fourth-order valence-electron chi connectivity index (χ4n) is 1.20. The molecule has 0 saturated carbocycles. The van der Waals surface area contributed by atoms with Gasteiger partial charge in [-0.25, -0.2) is 0 Å². The van der Waals surface area contributed by atoms with Crippen molar-refractivity contribution in [3.63, 3.8) is 0 Å². The molecule has 0 fully saturated rings. The summed E-state index contributed by atoms with van der Waals surface area (Å²) in [5.41, 5.74) is 1.33. The molecule has 1 aromatic carbocycles. The van der Waals surface area contributed by atoms with Crippen LogP contribution in [0.4, 0.5) is 0 Å². The number of aliphatic carboxylic acids is 1. The Labute approximate surface area is 104 Å². The second kappa shape index (κ2) is 5.95. The highest BCUT2D eigenvalue weighted by atomic mass is 32.1. The van der Waals surface area contributed by atoms with Crippen molar-refractivity contribution in [2.75, 3.05) is 6.54 Å². The molecule has 0 heterocycles. The first-order valence-electron chi connectivity index (χ1n) is 4.87. The number of carboxylic acids is 1. The van der Waals surface area contributed by atoms with Crippen LogP contribution < -0.4 is 10.6 Å². The summed E-state index contributed by atoms with van der Waals surface area (Å²) < 4.78 is 0. The molecule has 5 nitrogen and oxygen atoms in total. The lowest BCUT2D eigenvalue weighted by Crippen LogP contribution is -2.41. The fraction of sp³-hybridized carbons (Fsp3) is 0.182. The van der Waals surface area contributed by atoms with Gasteiger partial charge in [0.1, 0.15) is 6.54 Å². The zero-order chi connectivity index (χ0) is 12.8. The van der Waals surface area contributed by atoms with Crippen LogP contribution >= 0.6 is 12.2 Å². The molecule has 0 bridgehead atoms. The van der Waals surface area contributed by atoms with E-state index >= 15 is 0 Å². The molecule has 0 aliphatic carbocycles. The van der Waals surface area contributed by atoms with E-state index in [0.29, 0.717) is 5.56 Å². The van der Waals surface area contributed by atoms with E-state index in [2.05, 4.69) is 10.6 Å². The van der Waals surface area contributed by atoms with Gasteiger partial charge in [0.2, 0.25) is 0 Å². The molecule has 1 amide bonds. The first-order valence-corrected chi connectivity index (χ1v) is 5.28. The smallest absolute Gasteiger partial charge is 0.322 e. The third kappa shape index (κ3) is 4.20. The van der Waals surface area contributed by atoms with Crippen LogP contribution in [-0.2, 0) is 4.79 Å². The van der Waals surface area contributed by atoms with Gasteiger partial charge in [0.05, 0.1) is 0 Å². The Kier molecular flexibility index (Phi) is 4.59. The number of carbonyl (C=O) groups is 2. The molecule has 0 atom stereocenters. The number of thiocarbonyl (C=S) groups is 1. The number of hydrogen-bond acceptors (Lipinski definition) is 3. The lowest BCUT2D eigenvalue weighted by molar-refractivity contribution is -0.135. The van der Waals surface area contributed by atoms with Crippen molar-refractivity contribution >= 4 is 29.2 Å². The first-order chi connectivity index (χ1) is 8.00. The van der Waals surface area contributed by atoms with Crippen LogP contribution in [-0.4, -0.2) is 28.6 Å². The minimum atomic E-state index is -1.04. The standard InChI is InChI=1S/C11H12N2O3S/c1-7-4-2-3-5-8(7)10(16)13-11(17)12-6-9(14)15/h2-5H,6H2,1H3,(H,14,15)(H2,12,13,16,17). The molecule has 0 radical (unpaired) electrons. The van der Waals surface area contributed by atoms with Gasteiger partial charge in [0, 0.05) is 5.56 Å². The molecule has 0 spiro atoms. The number of benzene rings is 1. The zero-order valence-electron chi connectivity index (χ0n) is 9.19. The lowest BCUT2D eigenvalue weighted by Gasteiger charge is -2.09. The summed E-state index contributed by atoms with van der Waals surface area (Å²) in [6.45, 7) is 1.48. The van der Waals surface area contributed by atoms with Gasteiger partial charge in [-0.05, 0) is 30.8 Å². The van der Waals surface area contributed by atoms with E-state index in [1.807, 2.05) is 19.1 Å². The predicted octanol–water partition coefficient (Wildman–Crippen LogP) is 0.684. The monoisotopic (exact) mass is 252 g/mol. The van der Waals surface area contributed by atoms with Gasteiger partial charge >= 0.3 is 5.97 Å². The van der Waals surface area contributed by atoms with Crippen LogP contribution in [0.2, 0.25) is 0 Å². The van der Waals surface area contributed by atoms with Gasteiger partial charge in [0.15, 0.2) is 5.11 Å². The van der Waals surface area contributed by atoms with Crippen molar-refractivity contribution in [2.24, 2.45) is 0 Å². The van der Waals surface area contributed by atoms with Gasteiger partial charge in [-0.2, -0.15) is 0 Å². The second-order valence-electron chi connectivity index (χ2n) is 3.35. The summed E-state index contributed by atoms with van der Waals surface area (Å²) in [5.74, 6) is -1.40. The summed E-state index contributed by atoms with van der Waals surface area (Å²) in [4.78, 5) is 22.0. The van der Waals surface area contributed by atoms with Gasteiger partial charge in [-0.1, -0.05) is 18.2 Å². The van der Waals surface area contributed by atoms with Crippen molar-refractivity contribution in [3.05, 3.63) is 35.4 Å². The van der Waals surface area contributed by atoms with Crippen LogP contribution in [0.25, 0.3) is 0 Å². The van der Waals surface area contributed by atoms with Crippen molar-refractivity contribution in [2.45, 2.75) is 6.92 Å². The van der Waals surface area contributed by atoms with E-state index in [4.69, 9.17) is 17.3 Å². The molecule has 0 unspecified atom stereocenters. The van der Waals surface area contributed by atoms with Crippen LogP contribution in [0.1, 0.15) is 15.9 Å². The Morgan fingerprint density at radius 2 is 2.00 bits per heavy atom. The number of aryl methyl sites for hydroxylation is 1. The van der Waals surface area contributed by atoms with E-state index in [-0.39, 0.29) is 17.6 Å². The maximum absolute atomic E-state index is 11.7. The third-order valence-corrected chi connectivity index (χ3v) is 2.26. The number of rotatable bonds is 3. The topological polar surface area (TPSA) is 78.4 Å². The van der Waals surface area contributed by atoms with Crippen molar-refractivity contribution in [1.82, 2.24) is 10.6 Å². The third-order valence-electron chi connectivity index (χ3n) is 2.02. The Bertz CT molecular complexity index is 460. The van der Waals surface area contributed by atoms with Crippen molar-refractivity contribution in [1.29, 1.82) is 0 Å². The number of hydrogen-bond donors (Lipinski definition) is 3. The molecule has 0 aromatic heterocycles. The SMILES string of the molecule is Cc1ccccc1C(=O)NC(=S)NCC(=O)O. The van der Waals surface area contributed by atoms with E-state index in [9.17, 15) is 9.59 Å². The summed E-state index contributed by atoms with van der Waals surface area (Å²) in [7, 11) is 0. The molecule has 6 heteroatoms. The number of amides is 1. The molecule has 1 aromatic rings. The maximum Gasteiger partial charge on any atom is 0.322 e. The summed E-state index contributed by atoms with van der Waals surface area (Å²) in [6, 6.07) is 7.05. The average Bonchev–Trinajstić information content (AvgIpc) is 2.26. The first kappa shape index (κ1) is 13.1. The minimum absolute atomic E-state index is 0.000605. The lowest BCUT2D eigenvalue weighted by atomic mass is 10.1. The fourth-order valence-corrected chi connectivity index (χ4v) is 1.36. The molecule has 0 aliphatic heterocycles. The van der Waals surface area contributed by atoms with Crippen LogP contribution in [0, 0.1) is 6.92 Å². The van der Waals surface area contributed by atoms with E-state index in [0.717, 1.165) is 5.56 Å². The number of carbonyl (C=O) groups excluding carboxylic acids is 1. The largest absolute Gasteiger partial charge is 0.480 e. The van der Waals surface area contributed by atoms with E-state index in [1.54, 1.807) is 12.1 Å². The Balaban J connectivity index is 2.58. The predicted molar refractivity (Wildman–Crippen MR) is 66.9 cm³/mol. The highest BCUT2D eigenvalue weighted by Gasteiger charge is 2.09. The second-order valence-corrected chi connectivity index (χ2v) is 3.75. The van der Waals surface area contributed by atoms with Gasteiger partial charge in [-0.3, -0.25) is 14.9 Å². The molecule has 90 valence electrons. The quantitative estimate of drug-likeness (QED) is 0.690. The maximum atomic E-state index is 11.7. The molecule has 0 aliphatic rings. The summed E-state index contributed by atoms with van der Waals surface area (Å²) in [5, 5.41) is 13.2. The van der Waals surface area contributed by atoms with E-state index < -0.39 is 5.97 Å². The molecule has 0 saturated heterocycles. The van der Waals surface area contributed by atoms with Crippen molar-refractivity contribution in [3.8, 4) is 0 Å². The number of nitrogens with one attached hydrogen (secondary N) is 2. The number of carboxylic acid groups (broad SMARTS) is 1. The Morgan fingerprint density at radius 3 is 2.59 bits per heavy atom. The van der Waals surface area contributed by atoms with Gasteiger partial charge in [0.25, 0.3) is 5.91 Å². The summed E-state index contributed by atoms with van der Waals surface area (Å²) >= 11 is 4.79. The van der Waals surface area contributed by atoms with Gasteiger partial charge in [-0.15, -0.1) is 0 Å². The van der Waals surface area contributed by atoms with E-state index in [1.165, 1.54) is 0 Å². The molecular formula is C11H12N2O3S. The average molecular weight is 252 g/mol. The Hall–Kier alpha value is -1.95. The molecule has 3 N–H and O–H groups in total. The zero-order valence-corrected chi connectivity index (χ0v) is 10.0. The molecule has 17 heavy (non-hydrogen) atoms. The van der Waals surface area contributed by atoms with Crippen LogP contribution in [0.5, 0.6) is 0 Å². The normalized spacial score (nSPS) is 9.47. The minimum Gasteiger partial charge on any atom is -0.480 e. The van der Waals surface area contributed by atoms with Crippen molar-refractivity contribution < 1.29 is 14.7 Å². The highest BCUT2D eigenvalue weighted by molar-refractivity contribution is 7.80. The van der Waals surface area contributed by atoms with Crippen LogP contribution in [0.3, 0.4) is 0 Å². The van der Waals surface area contributed by atoms with Crippen LogP contribution in [0.15, 0.2) is 24.3 Å². The highest BCUT2D eigenvalue weighted by Crippen LogP contribution is 2.06. The molecular weight excluding hydrogens is 240 g/mol. The Morgan fingerprint density at radius 1 is 1.35 bits per heavy atom. The molecule has 1 rings (SSSR count). The van der Waals surface area contributed by atoms with Gasteiger partial charge < -0.3 is 10.4 Å².